The number of hydrogen-bond donors (Lipinski definition) is 1. The van der Waals surface area contributed by atoms with E-state index in [0.717, 1.165) is 10.5 Å². The van der Waals surface area contributed by atoms with E-state index in [2.05, 4.69) is 10.5 Å². The van der Waals surface area contributed by atoms with Gasteiger partial charge in [0.15, 0.2) is 4.90 Å². The number of thioether (sulfide) groups is 1. The summed E-state index contributed by atoms with van der Waals surface area (Å²) in [5.41, 5.74) is 3.71. The van der Waals surface area contributed by atoms with Gasteiger partial charge in [0.25, 0.3) is 0 Å². The van der Waals surface area contributed by atoms with E-state index in [4.69, 9.17) is 11.6 Å². The number of hydrogen-bond acceptors (Lipinski definition) is 4. The molecule has 1 aromatic carbocycles. The molecule has 1 atom stereocenters. The van der Waals surface area contributed by atoms with Crippen molar-refractivity contribution in [2.45, 2.75) is 11.8 Å². The molecule has 1 aromatic rings. The van der Waals surface area contributed by atoms with Crippen molar-refractivity contribution in [1.29, 1.82) is 0 Å². The second-order valence-electron chi connectivity index (χ2n) is 3.00. The zero-order valence-electron chi connectivity index (χ0n) is 7.99. The first-order valence-corrected chi connectivity index (χ1v) is 6.81. The monoisotopic (exact) mass is 260 g/mol. The predicted molar refractivity (Wildman–Crippen MR) is 65.6 cm³/mol. The molecule has 1 aliphatic heterocycles. The quantitative estimate of drug-likeness (QED) is 0.789. The Bertz CT molecular complexity index is 411. The number of rotatable bonds is 1. The van der Waals surface area contributed by atoms with Crippen molar-refractivity contribution in [3.8, 4) is 0 Å². The molecule has 0 bridgehead atoms. The first-order valence-electron chi connectivity index (χ1n) is 4.30. The highest BCUT2D eigenvalue weighted by Crippen LogP contribution is 2.26. The lowest BCUT2D eigenvalue weighted by Gasteiger charge is -2.09. The number of benzene rings is 1. The van der Waals surface area contributed by atoms with Gasteiger partial charge in [0.05, 0.1) is 17.1 Å². The zero-order chi connectivity index (χ0) is 10.8. The van der Waals surface area contributed by atoms with Crippen molar-refractivity contribution in [3.05, 3.63) is 28.8 Å². The van der Waals surface area contributed by atoms with E-state index in [1.807, 2.05) is 13.0 Å². The fourth-order valence-corrected chi connectivity index (χ4v) is 3.59. The molecule has 6 heteroatoms. The molecule has 0 aromatic heterocycles. The van der Waals surface area contributed by atoms with Gasteiger partial charge in [-0.25, -0.2) is 0 Å². The lowest BCUT2D eigenvalue weighted by molar-refractivity contribution is 0.606. The van der Waals surface area contributed by atoms with Crippen LogP contribution in [0.3, 0.4) is 0 Å². The summed E-state index contributed by atoms with van der Waals surface area (Å²) in [4.78, 5) is 0.773. The van der Waals surface area contributed by atoms with E-state index >= 15 is 0 Å². The van der Waals surface area contributed by atoms with E-state index < -0.39 is 11.2 Å². The van der Waals surface area contributed by atoms with Crippen LogP contribution >= 0.6 is 23.4 Å². The molecule has 1 unspecified atom stereocenters. The first-order chi connectivity index (χ1) is 7.18. The largest absolute Gasteiger partial charge is 0.605 e. The maximum Gasteiger partial charge on any atom is 0.303 e. The third-order valence-corrected chi connectivity index (χ3v) is 4.85. The second kappa shape index (κ2) is 4.65. The Labute approximate surface area is 100 Å². The van der Waals surface area contributed by atoms with Crippen molar-refractivity contribution in [2.24, 2.45) is 5.10 Å². The minimum Gasteiger partial charge on any atom is -0.605 e. The summed E-state index contributed by atoms with van der Waals surface area (Å²) in [6, 6.07) is 5.34. The van der Waals surface area contributed by atoms with Crippen molar-refractivity contribution < 1.29 is 4.55 Å². The maximum atomic E-state index is 12.1. The molecule has 0 radical (unpaired) electrons. The van der Waals surface area contributed by atoms with Crippen LogP contribution in [0.15, 0.2) is 28.2 Å². The molecule has 2 rings (SSSR count). The molecule has 15 heavy (non-hydrogen) atoms. The van der Waals surface area contributed by atoms with Crippen LogP contribution in [0.2, 0.25) is 5.02 Å². The van der Waals surface area contributed by atoms with Crippen molar-refractivity contribution in [3.63, 3.8) is 0 Å². The number of hydrazone groups is 1. The fraction of sp³-hybridized carbons (Fsp3) is 0.222. The van der Waals surface area contributed by atoms with Gasteiger partial charge >= 0.3 is 4.38 Å². The van der Waals surface area contributed by atoms with Gasteiger partial charge in [-0.15, -0.1) is 5.10 Å². The van der Waals surface area contributed by atoms with E-state index in [0.29, 0.717) is 15.3 Å². The van der Waals surface area contributed by atoms with Gasteiger partial charge in [0, 0.05) is 10.6 Å². The van der Waals surface area contributed by atoms with E-state index in [1.165, 1.54) is 11.8 Å². The number of nitrogens with one attached hydrogen (secondary N) is 1. The lowest BCUT2D eigenvalue weighted by atomic mass is 10.2. The summed E-state index contributed by atoms with van der Waals surface area (Å²) in [7, 11) is 0. The van der Waals surface area contributed by atoms with Crippen LogP contribution in [0.25, 0.3) is 0 Å². The normalized spacial score (nSPS) is 17.1. The summed E-state index contributed by atoms with van der Waals surface area (Å²) in [5.74, 6) is 0.688. The summed E-state index contributed by atoms with van der Waals surface area (Å²) < 4.78 is 12.7. The van der Waals surface area contributed by atoms with E-state index in [1.54, 1.807) is 12.1 Å². The average molecular weight is 261 g/mol. The Morgan fingerprint density at radius 2 is 2.40 bits per heavy atom. The van der Waals surface area contributed by atoms with Crippen LogP contribution in [0.4, 0.5) is 0 Å². The molecule has 0 aliphatic carbocycles. The molecular weight excluding hydrogens is 252 g/mol. The fourth-order valence-electron chi connectivity index (χ4n) is 1.23. The van der Waals surface area contributed by atoms with E-state index in [-0.39, 0.29) is 0 Å². The van der Waals surface area contributed by atoms with Crippen LogP contribution in [0.1, 0.15) is 5.56 Å². The SMILES string of the molecule is Cc1cc(Cl)ccc1[S+]([O-])C1=NNCS1. The molecule has 1 heterocycles. The Morgan fingerprint density at radius 1 is 1.60 bits per heavy atom. The Morgan fingerprint density at radius 3 is 3.00 bits per heavy atom. The smallest absolute Gasteiger partial charge is 0.303 e. The summed E-state index contributed by atoms with van der Waals surface area (Å²) in [6.07, 6.45) is 0. The highest BCUT2D eigenvalue weighted by atomic mass is 35.5. The molecule has 0 spiro atoms. The summed E-state index contributed by atoms with van der Waals surface area (Å²) in [5, 5.41) is 4.63. The third kappa shape index (κ3) is 2.42. The van der Waals surface area contributed by atoms with Gasteiger partial charge in [0.1, 0.15) is 0 Å². The molecule has 3 nitrogen and oxygen atoms in total. The number of aryl methyl sites for hydroxylation is 1. The Hall–Kier alpha value is -0.360. The summed E-state index contributed by atoms with van der Waals surface area (Å²) in [6.45, 7) is 1.90. The minimum absolute atomic E-state index is 0.625. The van der Waals surface area contributed by atoms with Crippen molar-refractivity contribution >= 4 is 38.9 Å². The number of halogens is 1. The molecule has 80 valence electrons. The van der Waals surface area contributed by atoms with Crippen LogP contribution in [-0.4, -0.2) is 14.8 Å². The molecule has 0 amide bonds. The summed E-state index contributed by atoms with van der Waals surface area (Å²) >= 11 is 6.11. The predicted octanol–water partition coefficient (Wildman–Crippen LogP) is 2.32. The van der Waals surface area contributed by atoms with Crippen molar-refractivity contribution in [1.82, 2.24) is 5.43 Å². The highest BCUT2D eigenvalue weighted by Gasteiger charge is 2.25. The van der Waals surface area contributed by atoms with Gasteiger partial charge in [-0.3, -0.25) is 5.43 Å². The molecular formula is C9H9ClN2OS2. The molecule has 1 N–H and O–H groups in total. The highest BCUT2D eigenvalue weighted by molar-refractivity contribution is 8.35. The Balaban J connectivity index is 2.28. The average Bonchev–Trinajstić information content (AvgIpc) is 2.69. The van der Waals surface area contributed by atoms with Crippen LogP contribution in [0.5, 0.6) is 0 Å². The van der Waals surface area contributed by atoms with E-state index in [9.17, 15) is 4.55 Å². The van der Waals surface area contributed by atoms with Crippen LogP contribution in [0, 0.1) is 6.92 Å². The minimum atomic E-state index is -1.19. The first kappa shape index (κ1) is 11.1. The number of nitrogens with zero attached hydrogens (tertiary/aromatic N) is 1. The molecule has 1 aliphatic rings. The molecule has 0 fully saturated rings. The van der Waals surface area contributed by atoms with Crippen LogP contribution < -0.4 is 5.43 Å². The molecule has 0 saturated heterocycles. The van der Waals surface area contributed by atoms with Crippen molar-refractivity contribution in [2.75, 3.05) is 5.88 Å². The van der Waals surface area contributed by atoms with Crippen LogP contribution in [-0.2, 0) is 11.2 Å². The lowest BCUT2D eigenvalue weighted by Crippen LogP contribution is -2.11. The third-order valence-electron chi connectivity index (χ3n) is 1.93. The van der Waals surface area contributed by atoms with Gasteiger partial charge in [-0.2, -0.15) is 0 Å². The Kier molecular flexibility index (Phi) is 3.45. The van der Waals surface area contributed by atoms with Gasteiger partial charge in [-0.05, 0) is 36.9 Å². The van der Waals surface area contributed by atoms with Gasteiger partial charge in [0.2, 0.25) is 0 Å². The van der Waals surface area contributed by atoms with Gasteiger partial charge in [-0.1, -0.05) is 11.6 Å². The van der Waals surface area contributed by atoms with Gasteiger partial charge < -0.3 is 4.55 Å². The maximum absolute atomic E-state index is 12.1. The standard InChI is InChI=1S/C9H9ClN2OS2/c1-6-4-7(10)2-3-8(6)15(13)9-12-11-5-14-9/h2-4,11H,5H2,1H3. The topological polar surface area (TPSA) is 47.5 Å². The zero-order valence-corrected chi connectivity index (χ0v) is 10.4. The second-order valence-corrected chi connectivity index (χ2v) is 6.03. The molecule has 0 saturated carbocycles.